The fourth-order valence-electron chi connectivity index (χ4n) is 2.56. The van der Waals surface area contributed by atoms with E-state index in [9.17, 15) is 14.9 Å². The number of hydrogen-bond donors (Lipinski definition) is 0. The van der Waals surface area contributed by atoms with E-state index in [1.54, 1.807) is 28.5 Å². The van der Waals surface area contributed by atoms with Gasteiger partial charge in [-0.3, -0.25) is 4.79 Å². The van der Waals surface area contributed by atoms with Crippen LogP contribution in [0.1, 0.15) is 48.8 Å². The predicted octanol–water partition coefficient (Wildman–Crippen LogP) is 5.43. The summed E-state index contributed by atoms with van der Waals surface area (Å²) in [7, 11) is 3.11. The second-order valence-corrected chi connectivity index (χ2v) is 8.69. The number of hydrogen-bond acceptors (Lipinski definition) is 7. The van der Waals surface area contributed by atoms with Crippen molar-refractivity contribution in [3.05, 3.63) is 58.3 Å². The minimum absolute atomic E-state index is 0.227. The summed E-state index contributed by atoms with van der Waals surface area (Å²) in [6, 6.07) is 11.8. The average Bonchev–Trinajstić information content (AvgIpc) is 3.16. The van der Waals surface area contributed by atoms with Gasteiger partial charge in [0.1, 0.15) is 11.8 Å². The molecule has 0 saturated heterocycles. The number of carbonyl (C=O) groups is 2. The van der Waals surface area contributed by atoms with Crippen LogP contribution in [-0.2, 0) is 14.3 Å². The molecule has 158 valence electrons. The third-order valence-corrected chi connectivity index (χ3v) is 6.77. The molecule has 0 fully saturated rings. The van der Waals surface area contributed by atoms with Crippen molar-refractivity contribution < 1.29 is 19.1 Å². The molecule has 1 heterocycles. The van der Waals surface area contributed by atoms with Gasteiger partial charge in [0.25, 0.3) is 0 Å². The van der Waals surface area contributed by atoms with Crippen molar-refractivity contribution in [1.82, 2.24) is 4.57 Å². The molecule has 0 amide bonds. The summed E-state index contributed by atoms with van der Waals surface area (Å²) >= 11 is 0. The van der Waals surface area contributed by atoms with Gasteiger partial charge < -0.3 is 14.0 Å². The van der Waals surface area contributed by atoms with Crippen molar-refractivity contribution in [3.63, 3.8) is 0 Å². The molecule has 0 N–H and O–H groups in total. The summed E-state index contributed by atoms with van der Waals surface area (Å²) in [6.07, 6.45) is 2.10. The first-order chi connectivity index (χ1) is 14.3. The number of aromatic nitrogens is 1. The minimum Gasteiger partial charge on any atom is -0.466 e. The number of aryl methyl sites for hydroxylation is 1. The number of nitrogens with zero attached hydrogens (tertiary/aromatic N) is 2. The fraction of sp³-hybridized carbons (Fsp3) is 0.318. The summed E-state index contributed by atoms with van der Waals surface area (Å²) in [6.45, 7) is 7.48. The molecule has 30 heavy (non-hydrogen) atoms. The Morgan fingerprint density at radius 1 is 1.17 bits per heavy atom. The molecule has 0 aliphatic rings. The van der Waals surface area contributed by atoms with Crippen LogP contribution in [0, 0.1) is 18.3 Å². The third-order valence-electron chi connectivity index (χ3n) is 4.09. The number of benzene rings is 1. The molecule has 0 radical (unpaired) electrons. The maximum Gasteiger partial charge on any atom is 0.355 e. The van der Waals surface area contributed by atoms with Crippen LogP contribution in [0.3, 0.4) is 0 Å². The minimum atomic E-state index is -0.492. The molecule has 0 bridgehead atoms. The maximum atomic E-state index is 12.4. The molecule has 0 aliphatic heterocycles. The van der Waals surface area contributed by atoms with Crippen LogP contribution in [0.2, 0.25) is 0 Å². The number of ether oxygens (including phenoxy) is 2. The van der Waals surface area contributed by atoms with Gasteiger partial charge in [-0.1, -0.05) is 39.3 Å². The van der Waals surface area contributed by atoms with Crippen molar-refractivity contribution >= 4 is 39.2 Å². The lowest BCUT2D eigenvalue weighted by molar-refractivity contribution is -0.140. The molecule has 1 aromatic carbocycles. The van der Waals surface area contributed by atoms with Crippen LogP contribution < -0.4 is 0 Å². The molecule has 1 aromatic heterocycles. The molecule has 0 spiro atoms. The molecule has 0 saturated carbocycles. The third kappa shape index (κ3) is 6.71. The highest BCUT2D eigenvalue weighted by molar-refractivity contribution is 8.78. The van der Waals surface area contributed by atoms with Gasteiger partial charge in [-0.2, -0.15) is 5.26 Å². The molecular formula is C22H24N2O4S2. The van der Waals surface area contributed by atoms with E-state index in [1.807, 2.05) is 38.1 Å². The zero-order chi connectivity index (χ0) is 22.1. The highest BCUT2D eigenvalue weighted by Crippen LogP contribution is 2.41. The molecule has 0 unspecified atom stereocenters. The quantitative estimate of drug-likeness (QED) is 0.377. The lowest BCUT2D eigenvalue weighted by atomic mass is 10.2. The SMILES string of the molecule is CCOC(=O)c1cc(C#N)cn1/C(C)=C(/CCOC(C)=O)SSc1ccc(C)cc1. The molecule has 0 atom stereocenters. The lowest BCUT2D eigenvalue weighted by Crippen LogP contribution is -2.11. The Morgan fingerprint density at radius 2 is 1.87 bits per heavy atom. The van der Waals surface area contributed by atoms with Crippen molar-refractivity contribution in [2.75, 3.05) is 13.2 Å². The first-order valence-electron chi connectivity index (χ1n) is 9.40. The van der Waals surface area contributed by atoms with Crippen molar-refractivity contribution in [2.24, 2.45) is 0 Å². The smallest absolute Gasteiger partial charge is 0.355 e. The second-order valence-electron chi connectivity index (χ2n) is 6.39. The van der Waals surface area contributed by atoms with Gasteiger partial charge in [-0.05, 0) is 39.0 Å². The first-order valence-corrected chi connectivity index (χ1v) is 11.5. The molecule has 2 rings (SSSR count). The standard InChI is InChI=1S/C22H24N2O4S2/c1-5-27-22(26)20-12-18(13-23)14-24(20)16(3)21(10-11-28-17(4)25)30-29-19-8-6-15(2)7-9-19/h6-9,12,14H,5,10-11H2,1-4H3/b21-16-. The van der Waals surface area contributed by atoms with Crippen LogP contribution >= 0.6 is 21.6 Å². The number of nitriles is 1. The predicted molar refractivity (Wildman–Crippen MR) is 120 cm³/mol. The van der Waals surface area contributed by atoms with E-state index in [1.165, 1.54) is 29.3 Å². The summed E-state index contributed by atoms with van der Waals surface area (Å²) in [5.41, 5.74) is 2.61. The van der Waals surface area contributed by atoms with E-state index in [0.717, 1.165) is 15.5 Å². The van der Waals surface area contributed by atoms with Gasteiger partial charge in [0.15, 0.2) is 0 Å². The van der Waals surface area contributed by atoms with Crippen molar-refractivity contribution in [3.8, 4) is 6.07 Å². The maximum absolute atomic E-state index is 12.4. The van der Waals surface area contributed by atoms with Gasteiger partial charge in [-0.15, -0.1) is 0 Å². The molecule has 0 aliphatic carbocycles. The number of rotatable bonds is 9. The van der Waals surface area contributed by atoms with Crippen molar-refractivity contribution in [2.45, 2.75) is 39.0 Å². The summed E-state index contributed by atoms with van der Waals surface area (Å²) in [4.78, 5) is 25.6. The second kappa shape index (κ2) is 11.5. The fourth-order valence-corrected chi connectivity index (χ4v) is 4.93. The van der Waals surface area contributed by atoms with Gasteiger partial charge in [0, 0.05) is 35.0 Å². The highest BCUT2D eigenvalue weighted by atomic mass is 33.1. The zero-order valence-electron chi connectivity index (χ0n) is 17.4. The summed E-state index contributed by atoms with van der Waals surface area (Å²) in [5.74, 6) is -0.836. The van der Waals surface area contributed by atoms with Crippen LogP contribution in [-0.4, -0.2) is 29.7 Å². The van der Waals surface area contributed by atoms with Gasteiger partial charge in [0.05, 0.1) is 18.8 Å². The summed E-state index contributed by atoms with van der Waals surface area (Å²) < 4.78 is 11.9. The Hall–Kier alpha value is -2.63. The lowest BCUT2D eigenvalue weighted by Gasteiger charge is -2.15. The molecule has 2 aromatic rings. The van der Waals surface area contributed by atoms with E-state index in [2.05, 4.69) is 6.07 Å². The Morgan fingerprint density at radius 3 is 2.47 bits per heavy atom. The Kier molecular flexibility index (Phi) is 9.09. The normalized spacial score (nSPS) is 11.4. The van der Waals surface area contributed by atoms with E-state index in [0.29, 0.717) is 12.0 Å². The van der Waals surface area contributed by atoms with E-state index >= 15 is 0 Å². The Balaban J connectivity index is 2.37. The van der Waals surface area contributed by atoms with Crippen molar-refractivity contribution in [1.29, 1.82) is 5.26 Å². The molecule has 8 heteroatoms. The monoisotopic (exact) mass is 444 g/mol. The first kappa shape index (κ1) is 23.6. The number of allylic oxidation sites excluding steroid dienone is 1. The van der Waals surface area contributed by atoms with Gasteiger partial charge >= 0.3 is 11.9 Å². The van der Waals surface area contributed by atoms with Gasteiger partial charge in [0.2, 0.25) is 0 Å². The Bertz CT molecular complexity index is 972. The van der Waals surface area contributed by atoms with E-state index < -0.39 is 5.97 Å². The van der Waals surface area contributed by atoms with Crippen LogP contribution in [0.25, 0.3) is 5.70 Å². The average molecular weight is 445 g/mol. The van der Waals surface area contributed by atoms with E-state index in [-0.39, 0.29) is 24.9 Å². The van der Waals surface area contributed by atoms with Crippen LogP contribution in [0.4, 0.5) is 0 Å². The number of esters is 2. The van der Waals surface area contributed by atoms with Crippen LogP contribution in [0.5, 0.6) is 0 Å². The molecule has 6 nitrogen and oxygen atoms in total. The van der Waals surface area contributed by atoms with E-state index in [4.69, 9.17) is 9.47 Å². The number of carbonyl (C=O) groups excluding carboxylic acids is 2. The zero-order valence-corrected chi connectivity index (χ0v) is 19.1. The van der Waals surface area contributed by atoms with Crippen LogP contribution in [0.15, 0.2) is 46.3 Å². The molecular weight excluding hydrogens is 420 g/mol. The Labute approximate surface area is 184 Å². The summed E-state index contributed by atoms with van der Waals surface area (Å²) in [5, 5.41) is 9.29. The largest absolute Gasteiger partial charge is 0.466 e. The highest BCUT2D eigenvalue weighted by Gasteiger charge is 2.18. The topological polar surface area (TPSA) is 81.3 Å². The van der Waals surface area contributed by atoms with Gasteiger partial charge in [-0.25, -0.2) is 4.79 Å².